The number of hydrogen-bond donors (Lipinski definition) is 2. The molecule has 1 aliphatic rings. The van der Waals surface area contributed by atoms with Crippen LogP contribution in [0.4, 0.5) is 5.69 Å². The van der Waals surface area contributed by atoms with Gasteiger partial charge in [0.15, 0.2) is 11.2 Å². The number of aryl methyl sites for hydroxylation is 1. The average Bonchev–Trinajstić information content (AvgIpc) is 2.67. The molecule has 2 aromatic carbocycles. The van der Waals surface area contributed by atoms with E-state index in [1.807, 2.05) is 19.1 Å². The lowest BCUT2D eigenvalue weighted by molar-refractivity contribution is -0.144. The molecule has 1 heterocycles. The summed E-state index contributed by atoms with van der Waals surface area (Å²) in [4.78, 5) is 37.5. The van der Waals surface area contributed by atoms with Gasteiger partial charge in [-0.3, -0.25) is 19.8 Å². The second-order valence-corrected chi connectivity index (χ2v) is 6.80. The van der Waals surface area contributed by atoms with Crippen molar-refractivity contribution in [3.05, 3.63) is 65.2 Å². The van der Waals surface area contributed by atoms with Crippen LogP contribution in [-0.4, -0.2) is 34.1 Å². The van der Waals surface area contributed by atoms with Crippen LogP contribution in [0, 0.1) is 6.92 Å². The normalized spacial score (nSPS) is 16.6. The highest BCUT2D eigenvalue weighted by molar-refractivity contribution is 7.80. The number of thiocarbonyl (C=S) groups is 1. The predicted octanol–water partition coefficient (Wildman–Crippen LogP) is 2.68. The van der Waals surface area contributed by atoms with Gasteiger partial charge in [-0.25, -0.2) is 4.79 Å². The van der Waals surface area contributed by atoms with Crippen LogP contribution in [0.1, 0.15) is 18.1 Å². The third-order valence-corrected chi connectivity index (χ3v) is 4.59. The molecular weight excluding hydrogens is 392 g/mol. The van der Waals surface area contributed by atoms with Gasteiger partial charge < -0.3 is 9.84 Å². The third kappa shape index (κ3) is 4.33. The minimum Gasteiger partial charge on any atom is -0.479 e. The largest absolute Gasteiger partial charge is 0.479 e. The molecule has 1 unspecified atom stereocenters. The van der Waals surface area contributed by atoms with Gasteiger partial charge >= 0.3 is 5.97 Å². The Bertz CT molecular complexity index is 1030. The zero-order chi connectivity index (χ0) is 21.1. The molecule has 2 aromatic rings. The van der Waals surface area contributed by atoms with Crippen LogP contribution in [0.15, 0.2) is 54.1 Å². The Balaban J connectivity index is 1.89. The Labute approximate surface area is 172 Å². The third-order valence-electron chi connectivity index (χ3n) is 4.31. The second-order valence-electron chi connectivity index (χ2n) is 6.41. The lowest BCUT2D eigenvalue weighted by Gasteiger charge is -2.30. The zero-order valence-electron chi connectivity index (χ0n) is 15.7. The lowest BCUT2D eigenvalue weighted by atomic mass is 10.1. The molecule has 1 aliphatic heterocycles. The number of carboxylic acids is 1. The summed E-state index contributed by atoms with van der Waals surface area (Å²) in [5.74, 6) is -1.81. The molecule has 0 radical (unpaired) electrons. The molecule has 2 amide bonds. The van der Waals surface area contributed by atoms with Crippen LogP contribution in [0.25, 0.3) is 6.08 Å². The van der Waals surface area contributed by atoms with Crippen molar-refractivity contribution in [3.8, 4) is 5.75 Å². The molecule has 3 rings (SSSR count). The van der Waals surface area contributed by atoms with Crippen molar-refractivity contribution >= 4 is 46.9 Å². The summed E-state index contributed by atoms with van der Waals surface area (Å²) >= 11 is 5.20. The van der Waals surface area contributed by atoms with E-state index in [1.165, 1.54) is 17.9 Å². The van der Waals surface area contributed by atoms with Crippen LogP contribution in [0.5, 0.6) is 5.75 Å². The van der Waals surface area contributed by atoms with E-state index in [4.69, 9.17) is 22.1 Å². The van der Waals surface area contributed by atoms with E-state index in [0.717, 1.165) is 5.56 Å². The highest BCUT2D eigenvalue weighted by Crippen LogP contribution is 2.25. The molecule has 1 saturated heterocycles. The number of aliphatic carboxylic acids is 1. The second kappa shape index (κ2) is 8.24. The summed E-state index contributed by atoms with van der Waals surface area (Å²) in [5.41, 5.74) is 1.96. The number of carbonyl (C=O) groups excluding carboxylic acids is 2. The van der Waals surface area contributed by atoms with E-state index in [9.17, 15) is 14.4 Å². The first-order valence-electron chi connectivity index (χ1n) is 8.74. The Morgan fingerprint density at radius 3 is 2.45 bits per heavy atom. The SMILES string of the molecule is Cc1ccccc1N1C(=O)/C(=C\c2ccc(OC(C)C(=O)O)cc2)C(=O)NC1=S. The summed E-state index contributed by atoms with van der Waals surface area (Å²) in [6.45, 7) is 3.27. The zero-order valence-corrected chi connectivity index (χ0v) is 16.5. The summed E-state index contributed by atoms with van der Waals surface area (Å²) in [6.07, 6.45) is 0.461. The van der Waals surface area contributed by atoms with Gasteiger partial charge in [-0.2, -0.15) is 0 Å². The van der Waals surface area contributed by atoms with Crippen molar-refractivity contribution in [1.29, 1.82) is 0 Å². The maximum atomic E-state index is 13.0. The summed E-state index contributed by atoms with van der Waals surface area (Å²) in [6, 6.07) is 13.6. The molecule has 1 fully saturated rings. The van der Waals surface area contributed by atoms with Gasteiger partial charge in [0.2, 0.25) is 0 Å². The quantitative estimate of drug-likeness (QED) is 0.447. The number of benzene rings is 2. The standard InChI is InChI=1S/C21H18N2O5S/c1-12-5-3-4-6-17(12)23-19(25)16(18(24)22-21(23)29)11-14-7-9-15(10-8-14)28-13(2)20(26)27/h3-11,13H,1-2H3,(H,26,27)(H,22,24,29)/b16-11-. The van der Waals surface area contributed by atoms with E-state index in [0.29, 0.717) is 17.0 Å². The van der Waals surface area contributed by atoms with Gasteiger partial charge in [-0.05, 0) is 61.5 Å². The first kappa shape index (κ1) is 20.2. The fraction of sp³-hybridized carbons (Fsp3) is 0.143. The van der Waals surface area contributed by atoms with E-state index < -0.39 is 23.9 Å². The highest BCUT2D eigenvalue weighted by Gasteiger charge is 2.34. The van der Waals surface area contributed by atoms with Gasteiger partial charge in [0, 0.05) is 0 Å². The molecule has 8 heteroatoms. The molecule has 0 saturated carbocycles. The van der Waals surface area contributed by atoms with Crippen LogP contribution < -0.4 is 15.0 Å². The van der Waals surface area contributed by atoms with Crippen LogP contribution in [-0.2, 0) is 14.4 Å². The molecule has 0 aliphatic carbocycles. The fourth-order valence-electron chi connectivity index (χ4n) is 2.75. The summed E-state index contributed by atoms with van der Waals surface area (Å²) in [7, 11) is 0. The molecule has 0 aromatic heterocycles. The first-order valence-corrected chi connectivity index (χ1v) is 9.15. The van der Waals surface area contributed by atoms with Crippen LogP contribution >= 0.6 is 12.2 Å². The Morgan fingerprint density at radius 2 is 1.83 bits per heavy atom. The molecular formula is C21H18N2O5S. The van der Waals surface area contributed by atoms with Crippen molar-refractivity contribution in [2.75, 3.05) is 4.90 Å². The maximum Gasteiger partial charge on any atom is 0.344 e. The number of anilines is 1. The number of nitrogens with zero attached hydrogens (tertiary/aromatic N) is 1. The lowest BCUT2D eigenvalue weighted by Crippen LogP contribution is -2.54. The smallest absolute Gasteiger partial charge is 0.344 e. The molecule has 1 atom stereocenters. The number of carboxylic acid groups (broad SMARTS) is 1. The van der Waals surface area contributed by atoms with Gasteiger partial charge in [0.25, 0.3) is 11.8 Å². The number of para-hydroxylation sites is 1. The number of nitrogens with one attached hydrogen (secondary N) is 1. The minimum atomic E-state index is -1.08. The molecule has 0 bridgehead atoms. The van der Waals surface area contributed by atoms with E-state index in [-0.39, 0.29) is 10.7 Å². The van der Waals surface area contributed by atoms with Crippen LogP contribution in [0.3, 0.4) is 0 Å². The predicted molar refractivity (Wildman–Crippen MR) is 112 cm³/mol. The Kier molecular flexibility index (Phi) is 5.74. The topological polar surface area (TPSA) is 95.9 Å². The molecule has 2 N–H and O–H groups in total. The Morgan fingerprint density at radius 1 is 1.17 bits per heavy atom. The summed E-state index contributed by atoms with van der Waals surface area (Å²) in [5, 5.41) is 11.5. The number of amides is 2. The van der Waals surface area contributed by atoms with E-state index >= 15 is 0 Å². The number of ether oxygens (including phenoxy) is 1. The number of carbonyl (C=O) groups is 3. The van der Waals surface area contributed by atoms with Crippen LogP contribution in [0.2, 0.25) is 0 Å². The van der Waals surface area contributed by atoms with Gasteiger partial charge in [0.1, 0.15) is 11.3 Å². The Hall–Kier alpha value is -3.52. The molecule has 148 valence electrons. The fourth-order valence-corrected chi connectivity index (χ4v) is 3.03. The van der Waals surface area contributed by atoms with Gasteiger partial charge in [0.05, 0.1) is 5.69 Å². The summed E-state index contributed by atoms with van der Waals surface area (Å²) < 4.78 is 5.27. The van der Waals surface area contributed by atoms with Crippen molar-refractivity contribution in [1.82, 2.24) is 5.32 Å². The number of hydrogen-bond acceptors (Lipinski definition) is 5. The van der Waals surface area contributed by atoms with Crippen molar-refractivity contribution in [2.24, 2.45) is 0 Å². The first-order chi connectivity index (χ1) is 13.8. The van der Waals surface area contributed by atoms with Crippen molar-refractivity contribution < 1.29 is 24.2 Å². The van der Waals surface area contributed by atoms with E-state index in [2.05, 4.69) is 5.32 Å². The number of rotatable bonds is 5. The monoisotopic (exact) mass is 410 g/mol. The van der Waals surface area contributed by atoms with E-state index in [1.54, 1.807) is 36.4 Å². The molecule has 7 nitrogen and oxygen atoms in total. The minimum absolute atomic E-state index is 0.0258. The van der Waals surface area contributed by atoms with Gasteiger partial charge in [-0.15, -0.1) is 0 Å². The van der Waals surface area contributed by atoms with Crippen molar-refractivity contribution in [3.63, 3.8) is 0 Å². The average molecular weight is 410 g/mol. The molecule has 29 heavy (non-hydrogen) atoms. The highest BCUT2D eigenvalue weighted by atomic mass is 32.1. The molecule has 0 spiro atoms. The van der Waals surface area contributed by atoms with Gasteiger partial charge in [-0.1, -0.05) is 30.3 Å². The van der Waals surface area contributed by atoms with Crippen molar-refractivity contribution in [2.45, 2.75) is 20.0 Å². The maximum absolute atomic E-state index is 13.0.